The molecule has 5 aromatic rings. The molecule has 1 atom stereocenters. The molecule has 8 heteroatoms. The van der Waals surface area contributed by atoms with Crippen molar-refractivity contribution >= 4 is 34.4 Å². The number of benzene rings is 3. The average molecular weight is 915 g/mol. The summed E-state index contributed by atoms with van der Waals surface area (Å²) in [6.45, 7) is 19.0. The van der Waals surface area contributed by atoms with Gasteiger partial charge in [0.1, 0.15) is 0 Å². The van der Waals surface area contributed by atoms with E-state index in [1.807, 2.05) is 26.0 Å². The maximum absolute atomic E-state index is 5.63. The van der Waals surface area contributed by atoms with Crippen LogP contribution in [0.2, 0.25) is 0 Å². The van der Waals surface area contributed by atoms with Crippen molar-refractivity contribution in [3.05, 3.63) is 156 Å². The Balaban J connectivity index is 0.00000202. The van der Waals surface area contributed by atoms with Gasteiger partial charge in [-0.3, -0.25) is 0 Å². The summed E-state index contributed by atoms with van der Waals surface area (Å²) in [7, 11) is 10.5. The van der Waals surface area contributed by atoms with Crippen molar-refractivity contribution in [2.45, 2.75) is 66.3 Å². The molecular weight excluding hydrogens is 853 g/mol. The van der Waals surface area contributed by atoms with E-state index in [0.717, 1.165) is 16.4 Å². The molecule has 0 spiro atoms. The molecule has 0 fully saturated rings. The van der Waals surface area contributed by atoms with Gasteiger partial charge < -0.3 is 21.3 Å². The van der Waals surface area contributed by atoms with Gasteiger partial charge in [0.25, 0.3) is 0 Å². The van der Waals surface area contributed by atoms with Crippen molar-refractivity contribution in [2.24, 2.45) is 0 Å². The van der Waals surface area contributed by atoms with E-state index in [4.69, 9.17) is 10.3 Å². The van der Waals surface area contributed by atoms with Crippen LogP contribution in [-0.4, -0.2) is 47.3 Å². The second kappa shape index (κ2) is 28.5. The molecule has 53 heavy (non-hydrogen) atoms. The standard InChI is InChI=1S/C37H37N2S2.3C2H6N.C2H6.Hf/c1-7-8-17-28-22-33(26(6)41-28)34-23-40-37(38-34)36(32-19-13-12-18-31(32)27-15-10-9-11-16-27)39-35-29(24(2)3)20-14-21-30(35)25(4)5;3*1-3-2;1-2;/h7-25,36H,1H2,2-6H3;3*1-2H3;1-2H3;/q4*-1;;+4/b17-8-;;;;;. The summed E-state index contributed by atoms with van der Waals surface area (Å²) in [6.07, 6.45) is 5.90. The van der Waals surface area contributed by atoms with Crippen molar-refractivity contribution in [3.8, 4) is 22.4 Å². The third-order valence-corrected chi connectivity index (χ3v) is 9.22. The SMILES string of the molecule is C=C/C=C\c1cc(-c2csc(C([N-]c3c(C(C)C)cccc3C(C)C)c3ccccc3-c3ccccc3)n2)c(C)s1.CC.C[N-]C.C[N-]C.C[N-]C.[Hf+4]. The molecular formula is C45H61HfN5S2. The Kier molecular flexibility index (Phi) is 26.9. The van der Waals surface area contributed by atoms with Crippen molar-refractivity contribution < 1.29 is 25.8 Å². The second-order valence-electron chi connectivity index (χ2n) is 12.2. The molecule has 0 saturated heterocycles. The van der Waals surface area contributed by atoms with E-state index in [1.165, 1.54) is 43.1 Å². The summed E-state index contributed by atoms with van der Waals surface area (Å²) in [5.74, 6) is 0.722. The predicted molar refractivity (Wildman–Crippen MR) is 238 cm³/mol. The minimum Gasteiger partial charge on any atom is -0.672 e. The van der Waals surface area contributed by atoms with Crippen molar-refractivity contribution in [3.63, 3.8) is 0 Å². The molecule has 0 aliphatic rings. The van der Waals surface area contributed by atoms with Gasteiger partial charge in [0.2, 0.25) is 0 Å². The third-order valence-electron chi connectivity index (χ3n) is 7.31. The van der Waals surface area contributed by atoms with Crippen LogP contribution < -0.4 is 0 Å². The van der Waals surface area contributed by atoms with E-state index < -0.39 is 0 Å². The zero-order valence-corrected chi connectivity index (χ0v) is 39.5. The topological polar surface area (TPSA) is 69.3 Å². The first-order chi connectivity index (χ1) is 25.1. The van der Waals surface area contributed by atoms with Gasteiger partial charge in [-0.1, -0.05) is 144 Å². The molecule has 2 heterocycles. The molecule has 2 aromatic heterocycles. The Morgan fingerprint density at radius 2 is 1.21 bits per heavy atom. The fourth-order valence-corrected chi connectivity index (χ4v) is 7.03. The van der Waals surface area contributed by atoms with E-state index in [9.17, 15) is 0 Å². The van der Waals surface area contributed by atoms with Gasteiger partial charge in [-0.2, -0.15) is 42.3 Å². The summed E-state index contributed by atoms with van der Waals surface area (Å²) in [6, 6.07) is 27.9. The number of hydrogen-bond donors (Lipinski definition) is 0. The minimum absolute atomic E-state index is 0. The Hall–Kier alpha value is -2.98. The summed E-state index contributed by atoms with van der Waals surface area (Å²) >= 11 is 3.48. The van der Waals surface area contributed by atoms with Crippen LogP contribution in [0.4, 0.5) is 5.69 Å². The number of allylic oxidation sites excluding steroid dienone is 2. The number of nitrogens with zero attached hydrogens (tertiary/aromatic N) is 5. The van der Waals surface area contributed by atoms with Gasteiger partial charge in [0, 0.05) is 20.7 Å². The molecule has 5 rings (SSSR count). The summed E-state index contributed by atoms with van der Waals surface area (Å²) in [4.78, 5) is 7.74. The maximum Gasteiger partial charge on any atom is 4.00 e. The number of hydrogen-bond acceptors (Lipinski definition) is 3. The first-order valence-electron chi connectivity index (χ1n) is 17.9. The third kappa shape index (κ3) is 15.7. The van der Waals surface area contributed by atoms with Gasteiger partial charge in [-0.05, 0) is 53.6 Å². The zero-order valence-electron chi connectivity index (χ0n) is 34.3. The largest absolute Gasteiger partial charge is 4.00 e. The molecule has 282 valence electrons. The number of aromatic nitrogens is 1. The van der Waals surface area contributed by atoms with Gasteiger partial charge in [-0.25, -0.2) is 4.98 Å². The van der Waals surface area contributed by atoms with E-state index in [0.29, 0.717) is 11.8 Å². The molecule has 5 nitrogen and oxygen atoms in total. The smallest absolute Gasteiger partial charge is 0.672 e. The van der Waals surface area contributed by atoms with Crippen LogP contribution in [0, 0.1) is 6.92 Å². The fourth-order valence-electron chi connectivity index (χ4n) is 5.21. The predicted octanol–water partition coefficient (Wildman–Crippen LogP) is 15.0. The van der Waals surface area contributed by atoms with Gasteiger partial charge in [0.15, 0.2) is 0 Å². The number of thiazole rings is 1. The van der Waals surface area contributed by atoms with Crippen molar-refractivity contribution in [1.82, 2.24) is 4.98 Å². The number of aryl methyl sites for hydroxylation is 1. The monoisotopic (exact) mass is 915 g/mol. The summed E-state index contributed by atoms with van der Waals surface area (Å²) in [5, 5.41) is 19.3. The molecule has 0 bridgehead atoms. The van der Waals surface area contributed by atoms with Crippen LogP contribution in [0.3, 0.4) is 0 Å². The number of rotatable bonds is 10. The van der Waals surface area contributed by atoms with Crippen LogP contribution in [0.15, 0.2) is 103 Å². The Labute approximate surface area is 349 Å². The van der Waals surface area contributed by atoms with Crippen LogP contribution in [-0.2, 0) is 25.8 Å². The fraction of sp³-hybridized carbons (Fsp3) is 0.356. The molecule has 0 aliphatic heterocycles. The molecule has 0 saturated carbocycles. The Morgan fingerprint density at radius 3 is 1.74 bits per heavy atom. The van der Waals surface area contributed by atoms with Gasteiger partial charge in [0.05, 0.1) is 10.7 Å². The van der Waals surface area contributed by atoms with Crippen molar-refractivity contribution in [2.75, 3.05) is 42.3 Å². The van der Waals surface area contributed by atoms with E-state index in [-0.39, 0.29) is 31.9 Å². The molecule has 0 aliphatic carbocycles. The molecule has 0 radical (unpaired) electrons. The van der Waals surface area contributed by atoms with Gasteiger partial charge >= 0.3 is 25.8 Å². The molecule has 0 amide bonds. The van der Waals surface area contributed by atoms with Crippen LogP contribution >= 0.6 is 22.7 Å². The van der Waals surface area contributed by atoms with E-state index in [2.05, 4.69) is 147 Å². The first kappa shape index (κ1) is 50.0. The summed E-state index contributed by atoms with van der Waals surface area (Å²) in [5.41, 5.74) is 9.40. The molecule has 0 N–H and O–H groups in total. The second-order valence-corrected chi connectivity index (χ2v) is 14.4. The van der Waals surface area contributed by atoms with Crippen molar-refractivity contribution in [1.29, 1.82) is 0 Å². The number of para-hydroxylation sites is 1. The Bertz CT molecular complexity index is 1690. The molecule has 3 aromatic carbocycles. The van der Waals surface area contributed by atoms with E-state index >= 15 is 0 Å². The van der Waals surface area contributed by atoms with Crippen LogP contribution in [0.5, 0.6) is 0 Å². The maximum atomic E-state index is 5.63. The van der Waals surface area contributed by atoms with E-state index in [1.54, 1.807) is 65.0 Å². The van der Waals surface area contributed by atoms with Gasteiger partial charge in [-0.15, -0.1) is 28.4 Å². The normalized spacial score (nSPS) is 10.7. The minimum atomic E-state index is -0.235. The first-order valence-corrected chi connectivity index (χ1v) is 19.6. The van der Waals surface area contributed by atoms with Crippen LogP contribution in [0.25, 0.3) is 49.7 Å². The average Bonchev–Trinajstić information content (AvgIpc) is 3.78. The summed E-state index contributed by atoms with van der Waals surface area (Å²) < 4.78 is 0. The quantitative estimate of drug-likeness (QED) is 0.102. The Morgan fingerprint density at radius 1 is 0.698 bits per heavy atom. The molecule has 1 unspecified atom stereocenters. The number of thiophene rings is 1. The zero-order chi connectivity index (χ0) is 39.1. The van der Waals surface area contributed by atoms with Crippen LogP contribution in [0.1, 0.15) is 90.9 Å².